The lowest BCUT2D eigenvalue weighted by Crippen LogP contribution is -2.29. The third-order valence-corrected chi connectivity index (χ3v) is 4.73. The molecule has 4 heteroatoms. The lowest BCUT2D eigenvalue weighted by molar-refractivity contribution is 0.558. The first-order valence-electron chi connectivity index (χ1n) is 6.29. The van der Waals surface area contributed by atoms with Gasteiger partial charge in [-0.05, 0) is 56.0 Å². The minimum atomic E-state index is 0.109. The van der Waals surface area contributed by atoms with Gasteiger partial charge in [-0.15, -0.1) is 11.3 Å². The fourth-order valence-electron chi connectivity index (χ4n) is 2.49. The van der Waals surface area contributed by atoms with Crippen molar-refractivity contribution < 1.29 is 0 Å². The van der Waals surface area contributed by atoms with Gasteiger partial charge in [-0.25, -0.2) is 0 Å². The zero-order valence-corrected chi connectivity index (χ0v) is 13.0. The fourth-order valence-corrected chi connectivity index (χ4v) is 3.61. The molecule has 0 radical (unpaired) electrons. The van der Waals surface area contributed by atoms with Crippen molar-refractivity contribution in [3.8, 4) is 0 Å². The molecule has 0 fully saturated rings. The van der Waals surface area contributed by atoms with Crippen LogP contribution in [-0.4, -0.2) is 0 Å². The lowest BCUT2D eigenvalue weighted by atomic mass is 9.94. The molecular formula is C15H19ClN2S. The number of aryl methyl sites for hydroxylation is 3. The van der Waals surface area contributed by atoms with Crippen LogP contribution in [0.4, 0.5) is 0 Å². The highest BCUT2D eigenvalue weighted by Crippen LogP contribution is 2.30. The van der Waals surface area contributed by atoms with Gasteiger partial charge in [0.1, 0.15) is 0 Å². The van der Waals surface area contributed by atoms with Crippen LogP contribution in [0.5, 0.6) is 0 Å². The average Bonchev–Trinajstić information content (AvgIpc) is 2.75. The van der Waals surface area contributed by atoms with E-state index < -0.39 is 0 Å². The summed E-state index contributed by atoms with van der Waals surface area (Å²) in [7, 11) is 0. The maximum Gasteiger partial charge on any atom is 0.0931 e. The van der Waals surface area contributed by atoms with Crippen molar-refractivity contribution in [1.29, 1.82) is 0 Å². The number of hydrogen-bond donors (Lipinski definition) is 2. The molecule has 0 bridgehead atoms. The standard InChI is InChI=1S/C15H19ClN2S/c1-9-6-10(2)12(11(3)7-9)8-13(18-17)14-4-5-15(16)19-14/h4-7,13,18H,8,17H2,1-3H3. The van der Waals surface area contributed by atoms with Gasteiger partial charge < -0.3 is 0 Å². The normalized spacial score (nSPS) is 12.7. The minimum absolute atomic E-state index is 0.109. The van der Waals surface area contributed by atoms with Crippen LogP contribution in [0.3, 0.4) is 0 Å². The Hall–Kier alpha value is -0.870. The Morgan fingerprint density at radius 1 is 1.21 bits per heavy atom. The van der Waals surface area contributed by atoms with E-state index in [-0.39, 0.29) is 6.04 Å². The molecule has 0 amide bonds. The van der Waals surface area contributed by atoms with Crippen molar-refractivity contribution in [2.24, 2.45) is 5.84 Å². The molecule has 1 heterocycles. The highest BCUT2D eigenvalue weighted by molar-refractivity contribution is 7.16. The molecule has 1 aromatic heterocycles. The van der Waals surface area contributed by atoms with Gasteiger partial charge in [-0.1, -0.05) is 29.3 Å². The molecule has 0 saturated carbocycles. The summed E-state index contributed by atoms with van der Waals surface area (Å²) in [6.45, 7) is 6.44. The van der Waals surface area contributed by atoms with Crippen molar-refractivity contribution in [3.05, 3.63) is 55.7 Å². The molecule has 1 aromatic carbocycles. The number of hydrazine groups is 1. The molecule has 0 saturated heterocycles. The quantitative estimate of drug-likeness (QED) is 0.659. The SMILES string of the molecule is Cc1cc(C)c(CC(NN)c2ccc(Cl)s2)c(C)c1. The summed E-state index contributed by atoms with van der Waals surface area (Å²) in [5, 5.41) is 0. The molecule has 1 atom stereocenters. The maximum atomic E-state index is 6.00. The first-order chi connectivity index (χ1) is 9.01. The van der Waals surface area contributed by atoms with Crippen LogP contribution in [0.15, 0.2) is 24.3 Å². The second-order valence-corrected chi connectivity index (χ2v) is 6.69. The van der Waals surface area contributed by atoms with E-state index in [4.69, 9.17) is 17.4 Å². The summed E-state index contributed by atoms with van der Waals surface area (Å²) in [4.78, 5) is 1.17. The second kappa shape index (κ2) is 6.06. The van der Waals surface area contributed by atoms with E-state index in [1.54, 1.807) is 11.3 Å². The van der Waals surface area contributed by atoms with E-state index in [0.717, 1.165) is 10.8 Å². The van der Waals surface area contributed by atoms with E-state index in [2.05, 4.69) is 38.3 Å². The summed E-state index contributed by atoms with van der Waals surface area (Å²) in [6, 6.07) is 8.50. The smallest absolute Gasteiger partial charge is 0.0931 e. The summed E-state index contributed by atoms with van der Waals surface area (Å²) in [6.07, 6.45) is 0.880. The molecule has 1 unspecified atom stereocenters. The molecule has 2 nitrogen and oxygen atoms in total. The van der Waals surface area contributed by atoms with Crippen LogP contribution >= 0.6 is 22.9 Å². The third kappa shape index (κ3) is 3.37. The maximum absolute atomic E-state index is 6.00. The number of hydrogen-bond acceptors (Lipinski definition) is 3. The number of rotatable bonds is 4. The van der Waals surface area contributed by atoms with Crippen LogP contribution in [0, 0.1) is 20.8 Å². The highest BCUT2D eigenvalue weighted by Gasteiger charge is 2.15. The number of benzene rings is 1. The Morgan fingerprint density at radius 2 is 1.84 bits per heavy atom. The third-order valence-electron chi connectivity index (χ3n) is 3.39. The van der Waals surface area contributed by atoms with E-state index in [1.165, 1.54) is 27.1 Å². The van der Waals surface area contributed by atoms with Crippen molar-refractivity contribution in [2.45, 2.75) is 33.2 Å². The first-order valence-corrected chi connectivity index (χ1v) is 7.48. The zero-order valence-electron chi connectivity index (χ0n) is 11.5. The van der Waals surface area contributed by atoms with Gasteiger partial charge >= 0.3 is 0 Å². The van der Waals surface area contributed by atoms with Crippen molar-refractivity contribution in [2.75, 3.05) is 0 Å². The van der Waals surface area contributed by atoms with Gasteiger partial charge in [-0.2, -0.15) is 0 Å². The Labute approximate surface area is 123 Å². The molecule has 0 aliphatic heterocycles. The van der Waals surface area contributed by atoms with Gasteiger partial charge in [0.15, 0.2) is 0 Å². The predicted octanol–water partition coefficient (Wildman–Crippen LogP) is 4.07. The largest absolute Gasteiger partial charge is 0.271 e. The van der Waals surface area contributed by atoms with Gasteiger partial charge in [0.25, 0.3) is 0 Å². The molecule has 0 aliphatic rings. The number of thiophene rings is 1. The molecule has 2 aromatic rings. The Bertz CT molecular complexity index is 554. The van der Waals surface area contributed by atoms with Crippen molar-refractivity contribution >= 4 is 22.9 Å². The van der Waals surface area contributed by atoms with Crippen LogP contribution in [-0.2, 0) is 6.42 Å². The van der Waals surface area contributed by atoms with Gasteiger partial charge in [0, 0.05) is 4.88 Å². The van der Waals surface area contributed by atoms with Gasteiger partial charge in [0.05, 0.1) is 10.4 Å². The molecule has 102 valence electrons. The van der Waals surface area contributed by atoms with Gasteiger partial charge in [-0.3, -0.25) is 11.3 Å². The van der Waals surface area contributed by atoms with Crippen LogP contribution < -0.4 is 11.3 Å². The molecular weight excluding hydrogens is 276 g/mol. The molecule has 0 aliphatic carbocycles. The van der Waals surface area contributed by atoms with Gasteiger partial charge in [0.2, 0.25) is 0 Å². The van der Waals surface area contributed by atoms with E-state index >= 15 is 0 Å². The minimum Gasteiger partial charge on any atom is -0.271 e. The Morgan fingerprint density at radius 3 is 2.32 bits per heavy atom. The summed E-state index contributed by atoms with van der Waals surface area (Å²) < 4.78 is 0.799. The monoisotopic (exact) mass is 294 g/mol. The van der Waals surface area contributed by atoms with Crippen LogP contribution in [0.25, 0.3) is 0 Å². The van der Waals surface area contributed by atoms with Crippen molar-refractivity contribution in [3.63, 3.8) is 0 Å². The molecule has 0 spiro atoms. The summed E-state index contributed by atoms with van der Waals surface area (Å²) >= 11 is 7.58. The topological polar surface area (TPSA) is 38.0 Å². The van der Waals surface area contributed by atoms with Crippen molar-refractivity contribution in [1.82, 2.24) is 5.43 Å². The Kier molecular flexibility index (Phi) is 4.63. The van der Waals surface area contributed by atoms with E-state index in [1.807, 2.05) is 12.1 Å². The van der Waals surface area contributed by atoms with Crippen LogP contribution in [0.2, 0.25) is 4.34 Å². The zero-order chi connectivity index (χ0) is 14.0. The average molecular weight is 295 g/mol. The van der Waals surface area contributed by atoms with E-state index in [0.29, 0.717) is 0 Å². The molecule has 2 rings (SSSR count). The molecule has 19 heavy (non-hydrogen) atoms. The van der Waals surface area contributed by atoms with E-state index in [9.17, 15) is 0 Å². The number of nitrogens with one attached hydrogen (secondary N) is 1. The number of halogens is 1. The lowest BCUT2D eigenvalue weighted by Gasteiger charge is -2.18. The molecule has 3 N–H and O–H groups in total. The first kappa shape index (κ1) is 14.5. The summed E-state index contributed by atoms with van der Waals surface area (Å²) in [5.41, 5.74) is 8.20. The number of nitrogens with two attached hydrogens (primary N) is 1. The predicted molar refractivity (Wildman–Crippen MR) is 83.8 cm³/mol. The fraction of sp³-hybridized carbons (Fsp3) is 0.333. The highest BCUT2D eigenvalue weighted by atomic mass is 35.5. The summed E-state index contributed by atoms with van der Waals surface area (Å²) in [5.74, 6) is 5.71. The second-order valence-electron chi connectivity index (χ2n) is 4.94. The van der Waals surface area contributed by atoms with Crippen LogP contribution in [0.1, 0.15) is 33.2 Å². The Balaban J connectivity index is 2.28.